The number of hydrogen-bond acceptors (Lipinski definition) is 1. The lowest BCUT2D eigenvalue weighted by molar-refractivity contribution is 0.419. The third kappa shape index (κ3) is 1.63. The average Bonchev–Trinajstić information content (AvgIpc) is 2.23. The lowest BCUT2D eigenvalue weighted by Gasteiger charge is -2.08. The summed E-state index contributed by atoms with van der Waals surface area (Å²) in [4.78, 5) is 0. The minimum Gasteiger partial charge on any atom is -0.496 e. The number of halogens is 2. The molecule has 72 valence electrons. The number of fused-ring (bicyclic) bond motifs is 1. The Hall–Kier alpha value is -0.290. The smallest absolute Gasteiger partial charge is 0.127 e. The van der Waals surface area contributed by atoms with Crippen LogP contribution >= 0.6 is 38.5 Å². The first-order chi connectivity index (χ1) is 6.74. The van der Waals surface area contributed by atoms with E-state index in [1.165, 1.54) is 5.39 Å². The van der Waals surface area contributed by atoms with Crippen molar-refractivity contribution >= 4 is 49.3 Å². The highest BCUT2D eigenvalue weighted by Gasteiger charge is 2.07. The molecule has 3 heteroatoms. The predicted octanol–water partition coefficient (Wildman–Crippen LogP) is 4.22. The molecule has 0 bridgehead atoms. The molecule has 2 aromatic carbocycles. The maximum atomic E-state index is 5.34. The molecule has 0 unspecified atom stereocenters. The summed E-state index contributed by atoms with van der Waals surface area (Å²) in [6.45, 7) is 0. The van der Waals surface area contributed by atoms with Crippen molar-refractivity contribution in [3.05, 3.63) is 38.4 Å². The second-order valence-electron chi connectivity index (χ2n) is 2.92. The summed E-state index contributed by atoms with van der Waals surface area (Å²) in [5, 5.41) is 2.33. The number of benzene rings is 2. The fraction of sp³-hybridized carbons (Fsp3) is 0.0909. The number of hydrogen-bond donors (Lipinski definition) is 0. The summed E-state index contributed by atoms with van der Waals surface area (Å²) in [6.07, 6.45) is 0. The van der Waals surface area contributed by atoms with Crippen LogP contribution in [0.25, 0.3) is 10.8 Å². The quantitative estimate of drug-likeness (QED) is 0.690. The molecule has 0 aliphatic heterocycles. The topological polar surface area (TPSA) is 9.23 Å². The Morgan fingerprint density at radius 3 is 2.50 bits per heavy atom. The molecule has 0 atom stereocenters. The Balaban J connectivity index is 2.89. The number of methoxy groups -OCH3 is 1. The second kappa shape index (κ2) is 4.06. The normalized spacial score (nSPS) is 10.5. The van der Waals surface area contributed by atoms with E-state index in [1.54, 1.807) is 7.11 Å². The highest BCUT2D eigenvalue weighted by Crippen LogP contribution is 2.35. The van der Waals surface area contributed by atoms with E-state index in [1.807, 2.05) is 18.2 Å². The molecule has 0 fully saturated rings. The minimum absolute atomic E-state index is 0.924. The van der Waals surface area contributed by atoms with Gasteiger partial charge in [-0.1, -0.05) is 24.3 Å². The molecule has 0 heterocycles. The van der Waals surface area contributed by atoms with Gasteiger partial charge in [-0.2, -0.15) is 0 Å². The van der Waals surface area contributed by atoms with Crippen LogP contribution in [0.5, 0.6) is 5.75 Å². The standard InChI is InChI=1S/C11H8BrIO/c1-14-10-6-9(13)11(12)8-5-3-2-4-7(8)10/h2-6H,1H3. The zero-order chi connectivity index (χ0) is 10.1. The Morgan fingerprint density at radius 2 is 1.86 bits per heavy atom. The zero-order valence-corrected chi connectivity index (χ0v) is 11.3. The van der Waals surface area contributed by atoms with Crippen molar-refractivity contribution in [2.24, 2.45) is 0 Å². The lowest BCUT2D eigenvalue weighted by atomic mass is 10.1. The summed E-state index contributed by atoms with van der Waals surface area (Å²) in [5.74, 6) is 0.924. The third-order valence-corrected chi connectivity index (χ3v) is 4.56. The van der Waals surface area contributed by atoms with Gasteiger partial charge in [0.05, 0.1) is 7.11 Å². The Morgan fingerprint density at radius 1 is 1.21 bits per heavy atom. The minimum atomic E-state index is 0.924. The van der Waals surface area contributed by atoms with Crippen LogP contribution in [-0.2, 0) is 0 Å². The van der Waals surface area contributed by atoms with Crippen LogP contribution in [0.2, 0.25) is 0 Å². The van der Waals surface area contributed by atoms with Crippen LogP contribution in [0, 0.1) is 3.57 Å². The van der Waals surface area contributed by atoms with Crippen molar-refractivity contribution in [3.8, 4) is 5.75 Å². The van der Waals surface area contributed by atoms with Crippen molar-refractivity contribution in [3.63, 3.8) is 0 Å². The number of rotatable bonds is 1. The van der Waals surface area contributed by atoms with E-state index in [4.69, 9.17) is 4.74 Å². The summed E-state index contributed by atoms with van der Waals surface area (Å²) in [6, 6.07) is 10.2. The summed E-state index contributed by atoms with van der Waals surface area (Å²) in [5.41, 5.74) is 0. The van der Waals surface area contributed by atoms with Crippen LogP contribution in [0.3, 0.4) is 0 Å². The fourth-order valence-corrected chi connectivity index (χ4v) is 2.48. The molecule has 1 nitrogen and oxygen atoms in total. The second-order valence-corrected chi connectivity index (χ2v) is 4.88. The lowest BCUT2D eigenvalue weighted by Crippen LogP contribution is -1.87. The van der Waals surface area contributed by atoms with E-state index in [9.17, 15) is 0 Å². The van der Waals surface area contributed by atoms with E-state index >= 15 is 0 Å². The fourth-order valence-electron chi connectivity index (χ4n) is 1.44. The van der Waals surface area contributed by atoms with Crippen LogP contribution in [0.4, 0.5) is 0 Å². The first-order valence-electron chi connectivity index (χ1n) is 4.15. The molecule has 0 saturated carbocycles. The van der Waals surface area contributed by atoms with E-state index in [0.717, 1.165) is 19.2 Å². The van der Waals surface area contributed by atoms with Crippen LogP contribution in [0.1, 0.15) is 0 Å². The monoisotopic (exact) mass is 362 g/mol. The Kier molecular flexibility index (Phi) is 2.97. The van der Waals surface area contributed by atoms with Gasteiger partial charge in [0.15, 0.2) is 0 Å². The molecule has 0 aliphatic carbocycles. The number of ether oxygens (including phenoxy) is 1. The van der Waals surface area contributed by atoms with E-state index in [0.29, 0.717) is 0 Å². The van der Waals surface area contributed by atoms with Gasteiger partial charge in [-0.25, -0.2) is 0 Å². The van der Waals surface area contributed by atoms with Gasteiger partial charge >= 0.3 is 0 Å². The molecule has 0 radical (unpaired) electrons. The van der Waals surface area contributed by atoms with Crippen molar-refractivity contribution < 1.29 is 4.74 Å². The van der Waals surface area contributed by atoms with Gasteiger partial charge in [0, 0.05) is 18.8 Å². The van der Waals surface area contributed by atoms with E-state index in [2.05, 4.69) is 50.7 Å². The molecule has 0 aromatic heterocycles. The van der Waals surface area contributed by atoms with Gasteiger partial charge in [-0.15, -0.1) is 0 Å². The van der Waals surface area contributed by atoms with Gasteiger partial charge < -0.3 is 4.74 Å². The molecule has 14 heavy (non-hydrogen) atoms. The van der Waals surface area contributed by atoms with Gasteiger partial charge in [0.1, 0.15) is 5.75 Å². The molecule has 0 N–H and O–H groups in total. The van der Waals surface area contributed by atoms with Crippen molar-refractivity contribution in [2.75, 3.05) is 7.11 Å². The van der Waals surface area contributed by atoms with Crippen molar-refractivity contribution in [1.82, 2.24) is 0 Å². The molecule has 0 saturated heterocycles. The summed E-state index contributed by atoms with van der Waals surface area (Å²) < 4.78 is 7.64. The first-order valence-corrected chi connectivity index (χ1v) is 6.02. The molecule has 0 amide bonds. The molecule has 2 rings (SSSR count). The Labute approximate surface area is 105 Å². The molecule has 2 aromatic rings. The Bertz CT molecular complexity index is 482. The van der Waals surface area contributed by atoms with Crippen LogP contribution < -0.4 is 4.74 Å². The van der Waals surface area contributed by atoms with Gasteiger partial charge in [-0.05, 0) is 44.6 Å². The summed E-state index contributed by atoms with van der Waals surface area (Å²) in [7, 11) is 1.70. The van der Waals surface area contributed by atoms with Crippen LogP contribution in [-0.4, -0.2) is 7.11 Å². The average molecular weight is 363 g/mol. The SMILES string of the molecule is COc1cc(I)c(Br)c2ccccc12. The maximum absolute atomic E-state index is 5.34. The third-order valence-electron chi connectivity index (χ3n) is 2.12. The zero-order valence-electron chi connectivity index (χ0n) is 7.55. The summed E-state index contributed by atoms with van der Waals surface area (Å²) >= 11 is 5.88. The van der Waals surface area contributed by atoms with Gasteiger partial charge in [-0.3, -0.25) is 0 Å². The van der Waals surface area contributed by atoms with Gasteiger partial charge in [0.2, 0.25) is 0 Å². The van der Waals surface area contributed by atoms with Crippen molar-refractivity contribution in [1.29, 1.82) is 0 Å². The highest BCUT2D eigenvalue weighted by molar-refractivity contribution is 14.1. The predicted molar refractivity (Wildman–Crippen MR) is 70.9 cm³/mol. The van der Waals surface area contributed by atoms with Crippen molar-refractivity contribution in [2.45, 2.75) is 0 Å². The van der Waals surface area contributed by atoms with Gasteiger partial charge in [0.25, 0.3) is 0 Å². The first kappa shape index (κ1) is 10.2. The van der Waals surface area contributed by atoms with E-state index in [-0.39, 0.29) is 0 Å². The molecule has 0 spiro atoms. The molecular formula is C11H8BrIO. The highest BCUT2D eigenvalue weighted by atomic mass is 127. The maximum Gasteiger partial charge on any atom is 0.127 e. The van der Waals surface area contributed by atoms with Crippen LogP contribution in [0.15, 0.2) is 34.8 Å². The molecular weight excluding hydrogens is 355 g/mol. The largest absolute Gasteiger partial charge is 0.496 e. The molecule has 0 aliphatic rings. The van der Waals surface area contributed by atoms with E-state index < -0.39 is 0 Å².